The number of hydrogen-bond acceptors (Lipinski definition) is 4. The van der Waals surface area contributed by atoms with E-state index in [-0.39, 0.29) is 12.5 Å². The first-order valence-corrected chi connectivity index (χ1v) is 5.88. The third-order valence-corrected chi connectivity index (χ3v) is 2.49. The minimum Gasteiger partial charge on any atom is -0.482 e. The molecule has 0 saturated carbocycles. The zero-order chi connectivity index (χ0) is 13.5. The number of carbonyl (C=O) groups is 1. The molecule has 0 bridgehead atoms. The number of benzene rings is 1. The lowest BCUT2D eigenvalue weighted by Crippen LogP contribution is -2.28. The normalized spacial score (nSPS) is 9.89. The number of rotatable bonds is 5. The summed E-state index contributed by atoms with van der Waals surface area (Å²) in [6.45, 7) is 0.370. The molecule has 1 aromatic heterocycles. The van der Waals surface area contributed by atoms with E-state index in [1.807, 2.05) is 18.2 Å². The number of nitrogen functional groups attached to an aromatic ring is 1. The molecule has 1 heterocycles. The van der Waals surface area contributed by atoms with Crippen LogP contribution in [0, 0.1) is 0 Å². The summed E-state index contributed by atoms with van der Waals surface area (Å²) in [4.78, 5) is 15.6. The molecule has 0 spiro atoms. The summed E-state index contributed by atoms with van der Waals surface area (Å²) in [5, 5.41) is 2.74. The van der Waals surface area contributed by atoms with E-state index in [0.717, 1.165) is 5.56 Å². The zero-order valence-electron chi connectivity index (χ0n) is 10.4. The first-order valence-electron chi connectivity index (χ1n) is 5.88. The van der Waals surface area contributed by atoms with Crippen LogP contribution < -0.4 is 15.8 Å². The summed E-state index contributed by atoms with van der Waals surface area (Å²) in [7, 11) is 0. The average Bonchev–Trinajstić information content (AvgIpc) is 2.45. The van der Waals surface area contributed by atoms with Gasteiger partial charge in [0.15, 0.2) is 6.61 Å². The maximum Gasteiger partial charge on any atom is 0.258 e. The standard InChI is InChI=1S/C14H15N3O2/c15-12-5-1-2-6-13(12)19-10-14(18)17-9-11-4-3-7-16-8-11/h1-8H,9-10,15H2,(H,17,18). The molecule has 0 aliphatic carbocycles. The van der Waals surface area contributed by atoms with Crippen molar-refractivity contribution in [3.8, 4) is 5.75 Å². The van der Waals surface area contributed by atoms with Crippen LogP contribution >= 0.6 is 0 Å². The monoisotopic (exact) mass is 257 g/mol. The predicted molar refractivity (Wildman–Crippen MR) is 72.4 cm³/mol. The van der Waals surface area contributed by atoms with Crippen LogP contribution in [0.4, 0.5) is 5.69 Å². The van der Waals surface area contributed by atoms with Crippen molar-refractivity contribution in [3.05, 3.63) is 54.4 Å². The highest BCUT2D eigenvalue weighted by Gasteiger charge is 2.04. The lowest BCUT2D eigenvalue weighted by Gasteiger charge is -2.09. The molecule has 1 amide bonds. The molecular formula is C14H15N3O2. The Balaban J connectivity index is 1.78. The fourth-order valence-corrected chi connectivity index (χ4v) is 1.51. The molecule has 19 heavy (non-hydrogen) atoms. The second-order valence-electron chi connectivity index (χ2n) is 3.96. The van der Waals surface area contributed by atoms with E-state index in [1.54, 1.807) is 30.6 Å². The SMILES string of the molecule is Nc1ccccc1OCC(=O)NCc1cccnc1. The topological polar surface area (TPSA) is 77.2 Å². The summed E-state index contributed by atoms with van der Waals surface area (Å²) in [5.41, 5.74) is 7.16. The molecule has 0 aliphatic heterocycles. The highest BCUT2D eigenvalue weighted by Crippen LogP contribution is 2.19. The zero-order valence-corrected chi connectivity index (χ0v) is 10.4. The summed E-state index contributed by atoms with van der Waals surface area (Å²) >= 11 is 0. The summed E-state index contributed by atoms with van der Waals surface area (Å²) in [6, 6.07) is 10.8. The van der Waals surface area contributed by atoms with Crippen molar-refractivity contribution >= 4 is 11.6 Å². The van der Waals surface area contributed by atoms with E-state index >= 15 is 0 Å². The third kappa shape index (κ3) is 3.99. The maximum atomic E-state index is 11.6. The van der Waals surface area contributed by atoms with E-state index in [0.29, 0.717) is 18.0 Å². The number of pyridine rings is 1. The van der Waals surface area contributed by atoms with Crippen LogP contribution in [-0.4, -0.2) is 17.5 Å². The van der Waals surface area contributed by atoms with Gasteiger partial charge in [-0.2, -0.15) is 0 Å². The van der Waals surface area contributed by atoms with Crippen LogP contribution in [0.25, 0.3) is 0 Å². The lowest BCUT2D eigenvalue weighted by molar-refractivity contribution is -0.123. The van der Waals surface area contributed by atoms with Crippen LogP contribution in [0.1, 0.15) is 5.56 Å². The smallest absolute Gasteiger partial charge is 0.258 e. The summed E-state index contributed by atoms with van der Waals surface area (Å²) in [5.74, 6) is 0.311. The molecule has 0 aliphatic rings. The molecule has 5 nitrogen and oxygen atoms in total. The maximum absolute atomic E-state index is 11.6. The molecular weight excluding hydrogens is 242 g/mol. The number of hydrogen-bond donors (Lipinski definition) is 2. The number of nitrogens with zero attached hydrogens (tertiary/aromatic N) is 1. The number of aromatic nitrogens is 1. The van der Waals surface area contributed by atoms with Gasteiger partial charge in [0, 0.05) is 18.9 Å². The molecule has 0 fully saturated rings. The van der Waals surface area contributed by atoms with Gasteiger partial charge in [0.05, 0.1) is 5.69 Å². The Morgan fingerprint density at radius 2 is 2.11 bits per heavy atom. The fraction of sp³-hybridized carbons (Fsp3) is 0.143. The Bertz CT molecular complexity index is 543. The van der Waals surface area contributed by atoms with Gasteiger partial charge in [-0.05, 0) is 23.8 Å². The molecule has 0 unspecified atom stereocenters. The number of carbonyl (C=O) groups excluding carboxylic acids is 1. The Hall–Kier alpha value is -2.56. The van der Waals surface area contributed by atoms with Crippen molar-refractivity contribution < 1.29 is 9.53 Å². The molecule has 2 rings (SSSR count). The van der Waals surface area contributed by atoms with Gasteiger partial charge in [0.1, 0.15) is 5.75 Å². The molecule has 0 saturated heterocycles. The van der Waals surface area contributed by atoms with Gasteiger partial charge in [0.2, 0.25) is 0 Å². The van der Waals surface area contributed by atoms with Crippen LogP contribution in [-0.2, 0) is 11.3 Å². The quantitative estimate of drug-likeness (QED) is 0.793. The van der Waals surface area contributed by atoms with Crippen molar-refractivity contribution in [1.82, 2.24) is 10.3 Å². The number of para-hydroxylation sites is 2. The average molecular weight is 257 g/mol. The second-order valence-corrected chi connectivity index (χ2v) is 3.96. The van der Waals surface area contributed by atoms with E-state index in [9.17, 15) is 4.79 Å². The molecule has 0 radical (unpaired) electrons. The van der Waals surface area contributed by atoms with Crippen molar-refractivity contribution in [1.29, 1.82) is 0 Å². The lowest BCUT2D eigenvalue weighted by atomic mass is 10.3. The fourth-order valence-electron chi connectivity index (χ4n) is 1.51. The Kier molecular flexibility index (Phi) is 4.34. The van der Waals surface area contributed by atoms with E-state index in [2.05, 4.69) is 10.3 Å². The van der Waals surface area contributed by atoms with Gasteiger partial charge in [-0.3, -0.25) is 9.78 Å². The van der Waals surface area contributed by atoms with Crippen LogP contribution in [0.15, 0.2) is 48.8 Å². The minimum absolute atomic E-state index is 0.0610. The predicted octanol–water partition coefficient (Wildman–Crippen LogP) is 1.36. The van der Waals surface area contributed by atoms with Crippen LogP contribution in [0.3, 0.4) is 0 Å². The van der Waals surface area contributed by atoms with Crippen molar-refractivity contribution in [2.24, 2.45) is 0 Å². The van der Waals surface area contributed by atoms with Crippen molar-refractivity contribution in [2.45, 2.75) is 6.54 Å². The largest absolute Gasteiger partial charge is 0.482 e. The number of nitrogens with one attached hydrogen (secondary N) is 1. The molecule has 0 atom stereocenters. The molecule has 5 heteroatoms. The molecule has 1 aromatic carbocycles. The number of nitrogens with two attached hydrogens (primary N) is 1. The highest BCUT2D eigenvalue weighted by atomic mass is 16.5. The molecule has 98 valence electrons. The Labute approximate surface area is 111 Å². The van der Waals surface area contributed by atoms with E-state index in [4.69, 9.17) is 10.5 Å². The van der Waals surface area contributed by atoms with Gasteiger partial charge in [-0.15, -0.1) is 0 Å². The summed E-state index contributed by atoms with van der Waals surface area (Å²) in [6.07, 6.45) is 3.39. The van der Waals surface area contributed by atoms with Gasteiger partial charge in [-0.25, -0.2) is 0 Å². The number of amides is 1. The molecule has 3 N–H and O–H groups in total. The van der Waals surface area contributed by atoms with Crippen molar-refractivity contribution in [2.75, 3.05) is 12.3 Å². The van der Waals surface area contributed by atoms with E-state index in [1.165, 1.54) is 0 Å². The van der Waals surface area contributed by atoms with Gasteiger partial charge in [0.25, 0.3) is 5.91 Å². The number of ether oxygens (including phenoxy) is 1. The minimum atomic E-state index is -0.202. The van der Waals surface area contributed by atoms with Crippen LogP contribution in [0.5, 0.6) is 5.75 Å². The van der Waals surface area contributed by atoms with Gasteiger partial charge in [-0.1, -0.05) is 18.2 Å². The summed E-state index contributed by atoms with van der Waals surface area (Å²) < 4.78 is 5.33. The Morgan fingerprint density at radius 1 is 1.26 bits per heavy atom. The van der Waals surface area contributed by atoms with Crippen LogP contribution in [0.2, 0.25) is 0 Å². The third-order valence-electron chi connectivity index (χ3n) is 2.49. The molecule has 2 aromatic rings. The van der Waals surface area contributed by atoms with Crippen molar-refractivity contribution in [3.63, 3.8) is 0 Å². The Morgan fingerprint density at radius 3 is 2.84 bits per heavy atom. The van der Waals surface area contributed by atoms with Gasteiger partial charge >= 0.3 is 0 Å². The second kappa shape index (κ2) is 6.39. The van der Waals surface area contributed by atoms with Gasteiger partial charge < -0.3 is 15.8 Å². The first kappa shape index (κ1) is 12.9. The van der Waals surface area contributed by atoms with E-state index < -0.39 is 0 Å². The number of anilines is 1. The highest BCUT2D eigenvalue weighted by molar-refractivity contribution is 5.77. The first-order chi connectivity index (χ1) is 9.25.